The Kier molecular flexibility index (Phi) is 6.74. The molecule has 3 aromatic rings. The van der Waals surface area contributed by atoms with Crippen LogP contribution in [0.2, 0.25) is 0 Å². The summed E-state index contributed by atoms with van der Waals surface area (Å²) in [5, 5.41) is 5.36. The van der Waals surface area contributed by atoms with Gasteiger partial charge in [0.1, 0.15) is 19.0 Å². The molecule has 0 spiro atoms. The number of methoxy groups -OCH3 is 1. The number of carbonyl (C=O) groups excluding carboxylic acids is 1. The summed E-state index contributed by atoms with van der Waals surface area (Å²) in [6.07, 6.45) is 0. The Balaban J connectivity index is 1.52. The van der Waals surface area contributed by atoms with Gasteiger partial charge in [0.2, 0.25) is 5.91 Å². The minimum Gasteiger partial charge on any atom is -0.496 e. The Labute approximate surface area is 186 Å². The van der Waals surface area contributed by atoms with E-state index in [0.717, 1.165) is 21.9 Å². The van der Waals surface area contributed by atoms with Crippen LogP contribution in [0.15, 0.2) is 60.0 Å². The quantitative estimate of drug-likeness (QED) is 0.565. The number of rotatable bonds is 8. The van der Waals surface area contributed by atoms with Gasteiger partial charge in [0, 0.05) is 28.2 Å². The predicted molar refractivity (Wildman–Crippen MR) is 122 cm³/mol. The number of carbonyl (C=O) groups is 1. The fourth-order valence-electron chi connectivity index (χ4n) is 3.55. The summed E-state index contributed by atoms with van der Waals surface area (Å²) in [5.41, 5.74) is 1.80. The Hall–Kier alpha value is -3.03. The monoisotopic (exact) mass is 438 g/mol. The number of thiophene rings is 1. The smallest absolute Gasteiger partial charge is 0.241 e. The minimum atomic E-state index is -0.0380. The third kappa shape index (κ3) is 5.00. The molecule has 0 fully saturated rings. The summed E-state index contributed by atoms with van der Waals surface area (Å²) >= 11 is 1.63. The number of amides is 1. The van der Waals surface area contributed by atoms with Crippen LogP contribution in [0.3, 0.4) is 0 Å². The van der Waals surface area contributed by atoms with E-state index in [1.807, 2.05) is 66.9 Å². The third-order valence-corrected chi connectivity index (χ3v) is 6.06. The molecule has 162 valence electrons. The Morgan fingerprint density at radius 3 is 2.71 bits per heavy atom. The molecule has 4 rings (SSSR count). The summed E-state index contributed by atoms with van der Waals surface area (Å²) in [7, 11) is 1.65. The normalized spacial score (nSPS) is 13.5. The summed E-state index contributed by atoms with van der Waals surface area (Å²) in [6, 6.07) is 17.5. The van der Waals surface area contributed by atoms with Crippen molar-refractivity contribution in [3.63, 3.8) is 0 Å². The first-order valence-corrected chi connectivity index (χ1v) is 11.1. The fourth-order valence-corrected chi connectivity index (χ4v) is 4.24. The molecule has 1 amide bonds. The van der Waals surface area contributed by atoms with Crippen molar-refractivity contribution >= 4 is 22.9 Å². The molecule has 31 heavy (non-hydrogen) atoms. The molecule has 0 saturated heterocycles. The van der Waals surface area contributed by atoms with Crippen LogP contribution in [-0.4, -0.2) is 32.8 Å². The van der Waals surface area contributed by atoms with Crippen molar-refractivity contribution in [2.24, 2.45) is 0 Å². The second-order valence-corrected chi connectivity index (χ2v) is 8.26. The maximum Gasteiger partial charge on any atom is 0.241 e. The lowest BCUT2D eigenvalue weighted by molar-refractivity contribution is -0.118. The highest BCUT2D eigenvalue weighted by molar-refractivity contribution is 7.09. The molecule has 1 N–H and O–H groups in total. The Bertz CT molecular complexity index is 1020. The average molecular weight is 439 g/mol. The fraction of sp³-hybridized carbons (Fsp3) is 0.292. The number of para-hydroxylation sites is 1. The van der Waals surface area contributed by atoms with Crippen molar-refractivity contribution < 1.29 is 19.0 Å². The summed E-state index contributed by atoms with van der Waals surface area (Å²) in [5.74, 6) is 2.16. The molecule has 0 saturated carbocycles. The van der Waals surface area contributed by atoms with Crippen LogP contribution in [0.1, 0.15) is 23.4 Å². The molecule has 0 aliphatic carbocycles. The van der Waals surface area contributed by atoms with Gasteiger partial charge in [0.25, 0.3) is 0 Å². The highest BCUT2D eigenvalue weighted by Gasteiger charge is 2.21. The predicted octanol–water partition coefficient (Wildman–Crippen LogP) is 4.41. The lowest BCUT2D eigenvalue weighted by atomic mass is 10.1. The first kappa shape index (κ1) is 21.2. The van der Waals surface area contributed by atoms with Crippen LogP contribution in [-0.2, 0) is 11.3 Å². The molecule has 2 heterocycles. The molecule has 0 unspecified atom stereocenters. The standard InChI is InChI=1S/C24H26N2O4S/c1-17(20-7-3-4-8-21(20)28-2)25-15-24(27)26(16-19-6-5-13-31-19)18-9-10-22-23(14-18)30-12-11-29-22/h3-10,13-14,17,25H,11-12,15-16H2,1-2H3/t17-/m1/s1. The van der Waals surface area contributed by atoms with E-state index >= 15 is 0 Å². The molecule has 1 aliphatic heterocycles. The summed E-state index contributed by atoms with van der Waals surface area (Å²) < 4.78 is 16.8. The maximum absolute atomic E-state index is 13.3. The zero-order valence-corrected chi connectivity index (χ0v) is 18.5. The number of anilines is 1. The lowest BCUT2D eigenvalue weighted by Gasteiger charge is -2.26. The maximum atomic E-state index is 13.3. The van der Waals surface area contributed by atoms with Gasteiger partial charge in [-0.15, -0.1) is 11.3 Å². The number of hydrogen-bond acceptors (Lipinski definition) is 6. The SMILES string of the molecule is COc1ccccc1[C@@H](C)NCC(=O)N(Cc1cccs1)c1ccc2c(c1)OCCO2. The Morgan fingerprint density at radius 2 is 1.94 bits per heavy atom. The van der Waals surface area contributed by atoms with Crippen molar-refractivity contribution in [3.8, 4) is 17.2 Å². The molecule has 1 aromatic heterocycles. The van der Waals surface area contributed by atoms with Gasteiger partial charge in [-0.25, -0.2) is 0 Å². The molecular weight excluding hydrogens is 412 g/mol. The molecule has 7 heteroatoms. The van der Waals surface area contributed by atoms with E-state index in [0.29, 0.717) is 31.3 Å². The van der Waals surface area contributed by atoms with Gasteiger partial charge in [-0.2, -0.15) is 0 Å². The van der Waals surface area contributed by atoms with Gasteiger partial charge in [0.15, 0.2) is 11.5 Å². The van der Waals surface area contributed by atoms with Crippen molar-refractivity contribution in [2.75, 3.05) is 31.8 Å². The van der Waals surface area contributed by atoms with E-state index in [2.05, 4.69) is 5.32 Å². The van der Waals surface area contributed by atoms with Gasteiger partial charge in [0.05, 0.1) is 20.2 Å². The van der Waals surface area contributed by atoms with E-state index in [1.54, 1.807) is 23.3 Å². The highest BCUT2D eigenvalue weighted by Crippen LogP contribution is 2.35. The van der Waals surface area contributed by atoms with E-state index in [-0.39, 0.29) is 18.5 Å². The highest BCUT2D eigenvalue weighted by atomic mass is 32.1. The zero-order valence-electron chi connectivity index (χ0n) is 17.7. The number of fused-ring (bicyclic) bond motifs is 1. The van der Waals surface area contributed by atoms with Gasteiger partial charge in [-0.05, 0) is 36.6 Å². The number of nitrogens with one attached hydrogen (secondary N) is 1. The van der Waals surface area contributed by atoms with Crippen LogP contribution in [0.5, 0.6) is 17.2 Å². The lowest BCUT2D eigenvalue weighted by Crippen LogP contribution is -2.38. The number of benzene rings is 2. The zero-order chi connectivity index (χ0) is 21.6. The Morgan fingerprint density at radius 1 is 1.13 bits per heavy atom. The van der Waals surface area contributed by atoms with Crippen molar-refractivity contribution in [3.05, 3.63) is 70.4 Å². The van der Waals surface area contributed by atoms with Crippen molar-refractivity contribution in [1.82, 2.24) is 5.32 Å². The van der Waals surface area contributed by atoms with Crippen LogP contribution in [0.25, 0.3) is 0 Å². The van der Waals surface area contributed by atoms with E-state index < -0.39 is 0 Å². The van der Waals surface area contributed by atoms with Crippen molar-refractivity contribution in [1.29, 1.82) is 0 Å². The minimum absolute atomic E-state index is 0.0215. The third-order valence-electron chi connectivity index (χ3n) is 5.20. The molecule has 1 atom stereocenters. The molecular formula is C24H26N2O4S. The topological polar surface area (TPSA) is 60.0 Å². The number of ether oxygens (including phenoxy) is 3. The van der Waals surface area contributed by atoms with Gasteiger partial charge in [-0.3, -0.25) is 4.79 Å². The second kappa shape index (κ2) is 9.85. The van der Waals surface area contributed by atoms with Crippen LogP contribution in [0.4, 0.5) is 5.69 Å². The van der Waals surface area contributed by atoms with E-state index in [4.69, 9.17) is 14.2 Å². The summed E-state index contributed by atoms with van der Waals surface area (Å²) in [6.45, 7) is 3.76. The van der Waals surface area contributed by atoms with Gasteiger partial charge >= 0.3 is 0 Å². The molecule has 2 aromatic carbocycles. The van der Waals surface area contributed by atoms with E-state index in [9.17, 15) is 4.79 Å². The molecule has 6 nitrogen and oxygen atoms in total. The number of hydrogen-bond donors (Lipinski definition) is 1. The van der Waals surface area contributed by atoms with Gasteiger partial charge in [-0.1, -0.05) is 24.3 Å². The molecule has 1 aliphatic rings. The summed E-state index contributed by atoms with van der Waals surface area (Å²) in [4.78, 5) is 16.2. The van der Waals surface area contributed by atoms with Gasteiger partial charge < -0.3 is 24.4 Å². The largest absolute Gasteiger partial charge is 0.496 e. The molecule has 0 radical (unpaired) electrons. The second-order valence-electron chi connectivity index (χ2n) is 7.23. The van der Waals surface area contributed by atoms with Crippen LogP contribution < -0.4 is 24.4 Å². The van der Waals surface area contributed by atoms with Crippen molar-refractivity contribution in [2.45, 2.75) is 19.5 Å². The van der Waals surface area contributed by atoms with Crippen LogP contribution >= 0.6 is 11.3 Å². The number of nitrogens with zero attached hydrogens (tertiary/aromatic N) is 1. The average Bonchev–Trinajstić information content (AvgIpc) is 3.33. The van der Waals surface area contributed by atoms with E-state index in [1.165, 1.54) is 0 Å². The van der Waals surface area contributed by atoms with Crippen LogP contribution in [0, 0.1) is 0 Å². The first-order valence-electron chi connectivity index (χ1n) is 10.2. The first-order chi connectivity index (χ1) is 15.2. The molecule has 0 bridgehead atoms.